The molecule has 1 fully saturated rings. The van der Waals surface area contributed by atoms with Crippen molar-refractivity contribution in [3.63, 3.8) is 0 Å². The lowest BCUT2D eigenvalue weighted by Gasteiger charge is -2.21. The monoisotopic (exact) mass is 288 g/mol. The fraction of sp³-hybridized carbons (Fsp3) is 0.500. The molecule has 6 heteroatoms. The molecule has 0 heterocycles. The highest BCUT2D eigenvalue weighted by Crippen LogP contribution is 2.49. The zero-order valence-electron chi connectivity index (χ0n) is 10.9. The SMILES string of the molecule is COc1c(C(CC(=O)O)C2CC2)cccc1C(F)(F)F. The van der Waals surface area contributed by atoms with Crippen LogP contribution in [-0.4, -0.2) is 18.2 Å². The number of ether oxygens (including phenoxy) is 1. The van der Waals surface area contributed by atoms with E-state index in [-0.39, 0.29) is 18.1 Å². The normalized spacial score (nSPS) is 16.8. The van der Waals surface area contributed by atoms with E-state index in [1.807, 2.05) is 0 Å². The first-order valence-corrected chi connectivity index (χ1v) is 6.30. The van der Waals surface area contributed by atoms with Gasteiger partial charge in [-0.1, -0.05) is 12.1 Å². The molecular formula is C14H15F3O3. The molecule has 110 valence electrons. The van der Waals surface area contributed by atoms with E-state index < -0.39 is 23.6 Å². The van der Waals surface area contributed by atoms with E-state index in [0.29, 0.717) is 5.56 Å². The third kappa shape index (κ3) is 3.05. The van der Waals surface area contributed by atoms with Crippen LogP contribution in [0.1, 0.15) is 36.3 Å². The number of hydrogen-bond acceptors (Lipinski definition) is 2. The second-order valence-electron chi connectivity index (χ2n) is 4.97. The molecule has 3 nitrogen and oxygen atoms in total. The number of alkyl halides is 3. The number of para-hydroxylation sites is 1. The van der Waals surface area contributed by atoms with Crippen LogP contribution in [0.15, 0.2) is 18.2 Å². The largest absolute Gasteiger partial charge is 0.496 e. The van der Waals surface area contributed by atoms with Crippen LogP contribution in [0.5, 0.6) is 5.75 Å². The van der Waals surface area contributed by atoms with Crippen molar-refractivity contribution >= 4 is 5.97 Å². The summed E-state index contributed by atoms with van der Waals surface area (Å²) >= 11 is 0. The fourth-order valence-corrected chi connectivity index (χ4v) is 2.52. The number of halogens is 3. The summed E-state index contributed by atoms with van der Waals surface area (Å²) in [6.07, 6.45) is -3.00. The Morgan fingerprint density at radius 1 is 1.45 bits per heavy atom. The van der Waals surface area contributed by atoms with Crippen molar-refractivity contribution in [1.29, 1.82) is 0 Å². The van der Waals surface area contributed by atoms with Crippen LogP contribution in [0, 0.1) is 5.92 Å². The summed E-state index contributed by atoms with van der Waals surface area (Å²) in [7, 11) is 1.18. The minimum Gasteiger partial charge on any atom is -0.496 e. The Bertz CT molecular complexity index is 507. The Balaban J connectivity index is 2.46. The van der Waals surface area contributed by atoms with Crippen LogP contribution in [0.4, 0.5) is 13.2 Å². The van der Waals surface area contributed by atoms with Crippen LogP contribution in [-0.2, 0) is 11.0 Å². The molecule has 1 aliphatic carbocycles. The maximum Gasteiger partial charge on any atom is 0.419 e. The van der Waals surface area contributed by atoms with Crippen molar-refractivity contribution in [2.45, 2.75) is 31.4 Å². The summed E-state index contributed by atoms with van der Waals surface area (Å²) in [5, 5.41) is 8.95. The van der Waals surface area contributed by atoms with Gasteiger partial charge in [-0.3, -0.25) is 4.79 Å². The van der Waals surface area contributed by atoms with Crippen molar-refractivity contribution in [2.24, 2.45) is 5.92 Å². The number of hydrogen-bond donors (Lipinski definition) is 1. The molecule has 1 unspecified atom stereocenters. The Morgan fingerprint density at radius 2 is 2.10 bits per heavy atom. The maximum atomic E-state index is 13.0. The standard InChI is InChI=1S/C14H15F3O3/c1-20-13-9(3-2-4-11(13)14(15,16)17)10(7-12(18)19)8-5-6-8/h2-4,8,10H,5-7H2,1H3,(H,18,19). The number of rotatable bonds is 5. The van der Waals surface area contributed by atoms with Gasteiger partial charge < -0.3 is 9.84 Å². The summed E-state index contributed by atoms with van der Waals surface area (Å²) in [4.78, 5) is 10.9. The number of aliphatic carboxylic acids is 1. The third-order valence-corrected chi connectivity index (χ3v) is 3.54. The smallest absolute Gasteiger partial charge is 0.419 e. The minimum absolute atomic E-state index is 0.128. The summed E-state index contributed by atoms with van der Waals surface area (Å²) in [6.45, 7) is 0. The van der Waals surface area contributed by atoms with E-state index in [0.717, 1.165) is 18.9 Å². The van der Waals surface area contributed by atoms with Gasteiger partial charge in [0.2, 0.25) is 0 Å². The van der Waals surface area contributed by atoms with Gasteiger partial charge in [-0.25, -0.2) is 0 Å². The summed E-state index contributed by atoms with van der Waals surface area (Å²) in [5.74, 6) is -1.56. The summed E-state index contributed by atoms with van der Waals surface area (Å²) in [6, 6.07) is 3.78. The second-order valence-corrected chi connectivity index (χ2v) is 4.97. The van der Waals surface area contributed by atoms with E-state index in [4.69, 9.17) is 9.84 Å². The van der Waals surface area contributed by atoms with E-state index >= 15 is 0 Å². The molecule has 0 amide bonds. The van der Waals surface area contributed by atoms with Crippen molar-refractivity contribution < 1.29 is 27.8 Å². The van der Waals surface area contributed by atoms with E-state index in [2.05, 4.69) is 0 Å². The molecule has 0 bridgehead atoms. The number of carbonyl (C=O) groups is 1. The van der Waals surface area contributed by atoms with Gasteiger partial charge in [0.25, 0.3) is 0 Å². The minimum atomic E-state index is -4.52. The van der Waals surface area contributed by atoms with Gasteiger partial charge >= 0.3 is 12.1 Å². The Labute approximate surface area is 114 Å². The highest BCUT2D eigenvalue weighted by atomic mass is 19.4. The third-order valence-electron chi connectivity index (χ3n) is 3.54. The zero-order valence-corrected chi connectivity index (χ0v) is 10.9. The average molecular weight is 288 g/mol. The molecule has 0 radical (unpaired) electrons. The van der Waals surface area contributed by atoms with Gasteiger partial charge in [0.05, 0.1) is 19.1 Å². The Hall–Kier alpha value is -1.72. The van der Waals surface area contributed by atoms with Gasteiger partial charge in [0.15, 0.2) is 0 Å². The first-order valence-electron chi connectivity index (χ1n) is 6.30. The average Bonchev–Trinajstić information content (AvgIpc) is 3.18. The van der Waals surface area contributed by atoms with Gasteiger partial charge in [0, 0.05) is 5.92 Å². The summed E-state index contributed by atoms with van der Waals surface area (Å²) in [5.41, 5.74) is -0.513. The van der Waals surface area contributed by atoms with E-state index in [1.165, 1.54) is 19.2 Å². The van der Waals surface area contributed by atoms with Crippen LogP contribution in [0.25, 0.3) is 0 Å². The fourth-order valence-electron chi connectivity index (χ4n) is 2.52. The maximum absolute atomic E-state index is 13.0. The molecule has 1 saturated carbocycles. The molecule has 0 aliphatic heterocycles. The van der Waals surface area contributed by atoms with E-state index in [9.17, 15) is 18.0 Å². The first-order chi connectivity index (χ1) is 9.34. The molecule has 1 aromatic rings. The molecule has 0 spiro atoms. The predicted octanol–water partition coefficient (Wildman–Crippen LogP) is 3.68. The number of carboxylic acids is 1. The topological polar surface area (TPSA) is 46.5 Å². The molecular weight excluding hydrogens is 273 g/mol. The van der Waals surface area contributed by atoms with Gasteiger partial charge in [0.1, 0.15) is 5.75 Å². The molecule has 1 aromatic carbocycles. The van der Waals surface area contributed by atoms with Crippen LogP contribution < -0.4 is 4.74 Å². The van der Waals surface area contributed by atoms with Crippen molar-refractivity contribution in [2.75, 3.05) is 7.11 Å². The molecule has 1 atom stereocenters. The molecule has 20 heavy (non-hydrogen) atoms. The van der Waals surface area contributed by atoms with Crippen molar-refractivity contribution in [3.8, 4) is 5.75 Å². The highest BCUT2D eigenvalue weighted by Gasteiger charge is 2.40. The highest BCUT2D eigenvalue weighted by molar-refractivity contribution is 5.68. The Kier molecular flexibility index (Phi) is 3.92. The number of carboxylic acid groups (broad SMARTS) is 1. The van der Waals surface area contributed by atoms with Gasteiger partial charge in [-0.15, -0.1) is 0 Å². The molecule has 2 rings (SSSR count). The van der Waals surface area contributed by atoms with Crippen LogP contribution in [0.3, 0.4) is 0 Å². The first kappa shape index (κ1) is 14.7. The van der Waals surface area contributed by atoms with Crippen molar-refractivity contribution in [3.05, 3.63) is 29.3 Å². The van der Waals surface area contributed by atoms with Crippen LogP contribution in [0.2, 0.25) is 0 Å². The lowest BCUT2D eigenvalue weighted by molar-refractivity contribution is -0.138. The molecule has 1 aliphatic rings. The second kappa shape index (κ2) is 5.34. The molecule has 0 saturated heterocycles. The lowest BCUT2D eigenvalue weighted by Crippen LogP contribution is -2.14. The predicted molar refractivity (Wildman–Crippen MR) is 65.7 cm³/mol. The molecule has 1 N–H and O–H groups in total. The van der Waals surface area contributed by atoms with E-state index in [1.54, 1.807) is 0 Å². The quantitative estimate of drug-likeness (QED) is 0.899. The van der Waals surface area contributed by atoms with Crippen LogP contribution >= 0.6 is 0 Å². The summed E-state index contributed by atoms with van der Waals surface area (Å²) < 4.78 is 43.8. The van der Waals surface area contributed by atoms with Crippen molar-refractivity contribution in [1.82, 2.24) is 0 Å². The lowest BCUT2D eigenvalue weighted by atomic mass is 9.89. The molecule has 0 aromatic heterocycles. The zero-order chi connectivity index (χ0) is 14.9. The number of methoxy groups -OCH3 is 1. The Morgan fingerprint density at radius 3 is 2.55 bits per heavy atom. The van der Waals surface area contributed by atoms with Gasteiger partial charge in [-0.2, -0.15) is 13.2 Å². The van der Waals surface area contributed by atoms with Gasteiger partial charge in [-0.05, 0) is 30.4 Å². The number of benzene rings is 1.